The van der Waals surface area contributed by atoms with Crippen LogP contribution >= 0.6 is 0 Å². The number of aromatic nitrogens is 1. The van der Waals surface area contributed by atoms with Gasteiger partial charge in [-0.15, -0.1) is 0 Å². The molecule has 0 saturated carbocycles. The van der Waals surface area contributed by atoms with E-state index in [-0.39, 0.29) is 10.8 Å². The van der Waals surface area contributed by atoms with Gasteiger partial charge in [0.05, 0.1) is 6.20 Å². The van der Waals surface area contributed by atoms with Crippen LogP contribution in [-0.4, -0.2) is 5.16 Å². The first kappa shape index (κ1) is 16.0. The highest BCUT2D eigenvalue weighted by molar-refractivity contribution is 5.81. The molecule has 0 atom stereocenters. The molecule has 2 nitrogen and oxygen atoms in total. The molecule has 122 valence electrons. The lowest BCUT2D eigenvalue weighted by molar-refractivity contribution is 0.403. The molecule has 0 unspecified atom stereocenters. The van der Waals surface area contributed by atoms with Gasteiger partial charge >= 0.3 is 0 Å². The Morgan fingerprint density at radius 1 is 1.09 bits per heavy atom. The zero-order chi connectivity index (χ0) is 16.8. The van der Waals surface area contributed by atoms with E-state index in [9.17, 15) is 0 Å². The van der Waals surface area contributed by atoms with Crippen LogP contribution in [0.4, 0.5) is 0 Å². The smallest absolute Gasteiger partial charge is 0.159 e. The van der Waals surface area contributed by atoms with Crippen LogP contribution in [-0.2, 0) is 10.8 Å². The maximum atomic E-state index is 5.28. The van der Waals surface area contributed by atoms with Crippen molar-refractivity contribution < 1.29 is 4.52 Å². The molecule has 1 aromatic carbocycles. The molecule has 1 aliphatic rings. The summed E-state index contributed by atoms with van der Waals surface area (Å²) in [7, 11) is 0. The van der Waals surface area contributed by atoms with Crippen LogP contribution in [0.5, 0.6) is 0 Å². The third-order valence-electron chi connectivity index (χ3n) is 5.07. The van der Waals surface area contributed by atoms with Crippen molar-refractivity contribution in [3.63, 3.8) is 0 Å². The van der Waals surface area contributed by atoms with Gasteiger partial charge < -0.3 is 4.52 Å². The van der Waals surface area contributed by atoms with E-state index in [0.29, 0.717) is 5.92 Å². The maximum Gasteiger partial charge on any atom is 0.159 e. The molecule has 1 aromatic heterocycles. The van der Waals surface area contributed by atoms with Crippen LogP contribution in [0.2, 0.25) is 0 Å². The summed E-state index contributed by atoms with van der Waals surface area (Å²) in [6, 6.07) is 8.90. The van der Waals surface area contributed by atoms with E-state index in [0.717, 1.165) is 5.76 Å². The fraction of sp³-hybridized carbons (Fsp3) is 0.476. The van der Waals surface area contributed by atoms with Crippen LogP contribution in [0.3, 0.4) is 0 Å². The molecule has 2 aromatic rings. The van der Waals surface area contributed by atoms with E-state index in [1.54, 1.807) is 6.20 Å². The Balaban J connectivity index is 2.11. The van der Waals surface area contributed by atoms with E-state index in [1.807, 2.05) is 6.07 Å². The van der Waals surface area contributed by atoms with Crippen molar-refractivity contribution in [2.75, 3.05) is 0 Å². The number of rotatable bonds is 3. The molecule has 3 rings (SSSR count). The molecule has 0 aliphatic heterocycles. The number of allylic oxidation sites excluding steroid dienone is 1. The fourth-order valence-electron chi connectivity index (χ4n) is 4.21. The van der Waals surface area contributed by atoms with E-state index >= 15 is 0 Å². The molecule has 0 saturated heterocycles. The standard InChI is InChI=1S/C21H27NO/c1-14(2)17(12-16-9-10-22-23-16)15-7-8-18-19(11-15)21(5,6)13-20(18,3)4/h7-12,14H,13H2,1-6H3. The molecule has 2 heteroatoms. The van der Waals surface area contributed by atoms with Gasteiger partial charge in [-0.3, -0.25) is 0 Å². The average Bonchev–Trinajstić information content (AvgIpc) is 3.01. The number of nitrogens with zero attached hydrogens (tertiary/aromatic N) is 1. The van der Waals surface area contributed by atoms with Crippen molar-refractivity contribution in [1.29, 1.82) is 0 Å². The Morgan fingerprint density at radius 3 is 2.39 bits per heavy atom. The monoisotopic (exact) mass is 309 g/mol. The highest BCUT2D eigenvalue weighted by Gasteiger charge is 2.41. The number of benzene rings is 1. The van der Waals surface area contributed by atoms with Gasteiger partial charge in [0.2, 0.25) is 0 Å². The predicted octanol–water partition coefficient (Wildman–Crippen LogP) is 5.83. The highest BCUT2D eigenvalue weighted by atomic mass is 16.5. The van der Waals surface area contributed by atoms with E-state index in [1.165, 1.54) is 28.7 Å². The van der Waals surface area contributed by atoms with E-state index in [2.05, 4.69) is 71.0 Å². The number of hydrogen-bond acceptors (Lipinski definition) is 2. The first-order valence-electron chi connectivity index (χ1n) is 8.48. The normalized spacial score (nSPS) is 19.2. The van der Waals surface area contributed by atoms with Gasteiger partial charge in [0, 0.05) is 6.07 Å². The molecule has 0 spiro atoms. The lowest BCUT2D eigenvalue weighted by atomic mass is 9.82. The van der Waals surface area contributed by atoms with Crippen molar-refractivity contribution in [3.8, 4) is 0 Å². The lowest BCUT2D eigenvalue weighted by Gasteiger charge is -2.22. The second-order valence-electron chi connectivity index (χ2n) is 8.37. The summed E-state index contributed by atoms with van der Waals surface area (Å²) in [6.45, 7) is 13.9. The Morgan fingerprint density at radius 2 is 1.78 bits per heavy atom. The van der Waals surface area contributed by atoms with E-state index < -0.39 is 0 Å². The summed E-state index contributed by atoms with van der Waals surface area (Å²) >= 11 is 0. The van der Waals surface area contributed by atoms with Gasteiger partial charge in [-0.2, -0.15) is 0 Å². The quantitative estimate of drug-likeness (QED) is 0.713. The van der Waals surface area contributed by atoms with Gasteiger partial charge in [-0.25, -0.2) is 0 Å². The van der Waals surface area contributed by atoms with Crippen molar-refractivity contribution >= 4 is 11.6 Å². The average molecular weight is 309 g/mol. The second-order valence-corrected chi connectivity index (χ2v) is 8.37. The molecule has 0 N–H and O–H groups in total. The maximum absolute atomic E-state index is 5.28. The summed E-state index contributed by atoms with van der Waals surface area (Å²) in [4.78, 5) is 0. The SMILES string of the molecule is CC(C)C(=Cc1ccno1)c1ccc2c(c1)C(C)(C)CC2(C)C. The molecule has 1 heterocycles. The van der Waals surface area contributed by atoms with Gasteiger partial charge in [-0.1, -0.05) is 64.9 Å². The summed E-state index contributed by atoms with van der Waals surface area (Å²) in [5.74, 6) is 1.24. The Bertz CT molecular complexity index is 733. The Kier molecular flexibility index (Phi) is 3.74. The van der Waals surface area contributed by atoms with Crippen LogP contribution < -0.4 is 0 Å². The van der Waals surface area contributed by atoms with Crippen LogP contribution in [0.1, 0.15) is 70.4 Å². The van der Waals surface area contributed by atoms with Gasteiger partial charge in [0.25, 0.3) is 0 Å². The predicted molar refractivity (Wildman–Crippen MR) is 96.3 cm³/mol. The molecule has 0 radical (unpaired) electrons. The van der Waals surface area contributed by atoms with E-state index in [4.69, 9.17) is 4.52 Å². The van der Waals surface area contributed by atoms with Crippen molar-refractivity contribution in [2.45, 2.75) is 58.8 Å². The first-order valence-corrected chi connectivity index (χ1v) is 8.48. The summed E-state index contributed by atoms with van der Waals surface area (Å²) in [6.07, 6.45) is 5.01. The molecule has 23 heavy (non-hydrogen) atoms. The molecular weight excluding hydrogens is 282 g/mol. The minimum atomic E-state index is 0.225. The van der Waals surface area contributed by atoms with Gasteiger partial charge in [-0.05, 0) is 51.5 Å². The highest BCUT2D eigenvalue weighted by Crippen LogP contribution is 2.50. The minimum absolute atomic E-state index is 0.225. The zero-order valence-electron chi connectivity index (χ0n) is 15.1. The Labute approximate surface area is 139 Å². The molecule has 0 bridgehead atoms. The minimum Gasteiger partial charge on any atom is -0.357 e. The molecular formula is C21H27NO. The van der Waals surface area contributed by atoms with Crippen LogP contribution in [0.25, 0.3) is 11.6 Å². The van der Waals surface area contributed by atoms with Crippen molar-refractivity contribution in [3.05, 3.63) is 52.9 Å². The second kappa shape index (κ2) is 5.36. The van der Waals surface area contributed by atoms with Crippen molar-refractivity contribution in [1.82, 2.24) is 5.16 Å². The van der Waals surface area contributed by atoms with Crippen molar-refractivity contribution in [2.24, 2.45) is 5.92 Å². The molecule has 0 amide bonds. The topological polar surface area (TPSA) is 26.0 Å². The fourth-order valence-corrected chi connectivity index (χ4v) is 4.21. The summed E-state index contributed by atoms with van der Waals surface area (Å²) in [5, 5.41) is 3.81. The van der Waals surface area contributed by atoms with Crippen LogP contribution in [0, 0.1) is 5.92 Å². The summed E-state index contributed by atoms with van der Waals surface area (Å²) < 4.78 is 5.28. The summed E-state index contributed by atoms with van der Waals surface area (Å²) in [5.41, 5.74) is 6.05. The first-order chi connectivity index (χ1) is 10.7. The largest absolute Gasteiger partial charge is 0.357 e. The lowest BCUT2D eigenvalue weighted by Crippen LogP contribution is -2.18. The third-order valence-corrected chi connectivity index (χ3v) is 5.07. The van der Waals surface area contributed by atoms with Gasteiger partial charge in [0.15, 0.2) is 5.76 Å². The van der Waals surface area contributed by atoms with Crippen LogP contribution in [0.15, 0.2) is 35.0 Å². The molecule has 1 aliphatic carbocycles. The number of hydrogen-bond donors (Lipinski definition) is 0. The Hall–Kier alpha value is -1.83. The molecule has 0 fully saturated rings. The third kappa shape index (κ3) is 2.87. The zero-order valence-corrected chi connectivity index (χ0v) is 15.1. The van der Waals surface area contributed by atoms with Gasteiger partial charge in [0.1, 0.15) is 0 Å². The number of fused-ring (bicyclic) bond motifs is 1.